The van der Waals surface area contributed by atoms with Gasteiger partial charge in [-0.05, 0) is 43.3 Å². The molecule has 1 atom stereocenters. The van der Waals surface area contributed by atoms with Gasteiger partial charge in [0.05, 0.1) is 5.52 Å². The van der Waals surface area contributed by atoms with Crippen LogP contribution in [-0.2, 0) is 0 Å². The van der Waals surface area contributed by atoms with Crippen molar-refractivity contribution < 1.29 is 13.3 Å². The summed E-state index contributed by atoms with van der Waals surface area (Å²) < 4.78 is 31.6. The van der Waals surface area contributed by atoms with Gasteiger partial charge in [0.15, 0.2) is 5.82 Å². The standard InChI is InChI=1S/C19H14ClF2N5O/c1-10(19-26-16(27-28-19)11-6-8-12(20)9-7-11)23-17-13-4-2-3-5-14(13)24-18(25-17)15(21)22/h2-10,15H,1H3,(H,23,24,25)/t10-/m0/s1. The molecule has 6 nitrogen and oxygen atoms in total. The number of fused-ring (bicyclic) bond motifs is 1. The number of aromatic nitrogens is 4. The molecule has 28 heavy (non-hydrogen) atoms. The van der Waals surface area contributed by atoms with Crippen LogP contribution in [0.25, 0.3) is 22.3 Å². The molecule has 0 saturated heterocycles. The smallest absolute Gasteiger partial charge is 0.297 e. The Morgan fingerprint density at radius 2 is 1.75 bits per heavy atom. The van der Waals surface area contributed by atoms with Crippen molar-refractivity contribution in [2.24, 2.45) is 0 Å². The summed E-state index contributed by atoms with van der Waals surface area (Å²) in [6.07, 6.45) is -2.78. The van der Waals surface area contributed by atoms with Crippen LogP contribution in [0.1, 0.15) is 31.1 Å². The maximum atomic E-state index is 13.2. The van der Waals surface area contributed by atoms with Crippen LogP contribution in [-0.4, -0.2) is 20.1 Å². The Morgan fingerprint density at radius 3 is 2.50 bits per heavy atom. The number of hydrogen-bond acceptors (Lipinski definition) is 6. The van der Waals surface area contributed by atoms with E-state index < -0.39 is 18.3 Å². The van der Waals surface area contributed by atoms with E-state index in [1.165, 1.54) is 0 Å². The van der Waals surface area contributed by atoms with Crippen LogP contribution >= 0.6 is 11.6 Å². The first-order valence-electron chi connectivity index (χ1n) is 8.42. The molecule has 0 spiro atoms. The highest BCUT2D eigenvalue weighted by Gasteiger charge is 2.19. The average molecular weight is 402 g/mol. The summed E-state index contributed by atoms with van der Waals surface area (Å²) in [7, 11) is 0. The Hall–Kier alpha value is -3.13. The van der Waals surface area contributed by atoms with Gasteiger partial charge in [-0.1, -0.05) is 28.9 Å². The number of halogens is 3. The Bertz CT molecular complexity index is 1120. The second kappa shape index (κ2) is 7.47. The number of alkyl halides is 2. The van der Waals surface area contributed by atoms with E-state index in [0.717, 1.165) is 5.56 Å². The summed E-state index contributed by atoms with van der Waals surface area (Å²) in [5.74, 6) is 0.438. The zero-order valence-electron chi connectivity index (χ0n) is 14.6. The third-order valence-corrected chi connectivity index (χ3v) is 4.34. The third-order valence-electron chi connectivity index (χ3n) is 4.08. The SMILES string of the molecule is C[C@H](Nc1nc(C(F)F)nc2ccccc12)c1nc(-c2ccc(Cl)cc2)no1. The Labute approximate surface area is 163 Å². The van der Waals surface area contributed by atoms with E-state index >= 15 is 0 Å². The first-order chi connectivity index (χ1) is 13.5. The molecule has 0 saturated carbocycles. The van der Waals surface area contributed by atoms with E-state index in [1.54, 1.807) is 55.5 Å². The number of nitrogens with one attached hydrogen (secondary N) is 1. The third kappa shape index (κ3) is 3.63. The van der Waals surface area contributed by atoms with Crippen LogP contribution in [0.3, 0.4) is 0 Å². The largest absolute Gasteiger partial charge is 0.358 e. The second-order valence-corrected chi connectivity index (χ2v) is 6.51. The Morgan fingerprint density at radius 1 is 1.00 bits per heavy atom. The summed E-state index contributed by atoms with van der Waals surface area (Å²) in [6, 6.07) is 13.5. The number of hydrogen-bond donors (Lipinski definition) is 1. The monoisotopic (exact) mass is 401 g/mol. The molecule has 2 aromatic carbocycles. The molecule has 0 radical (unpaired) electrons. The van der Waals surface area contributed by atoms with Crippen LogP contribution in [0.4, 0.5) is 14.6 Å². The quantitative estimate of drug-likeness (QED) is 0.479. The average Bonchev–Trinajstić information content (AvgIpc) is 3.18. The summed E-state index contributed by atoms with van der Waals surface area (Å²) in [5, 5.41) is 8.26. The number of rotatable bonds is 5. The molecule has 1 N–H and O–H groups in total. The van der Waals surface area contributed by atoms with Crippen molar-refractivity contribution in [3.8, 4) is 11.4 Å². The molecule has 9 heteroatoms. The number of benzene rings is 2. The minimum atomic E-state index is -2.78. The minimum absolute atomic E-state index is 0.277. The van der Waals surface area contributed by atoms with E-state index in [1.807, 2.05) is 0 Å². The summed E-state index contributed by atoms with van der Waals surface area (Å²) in [4.78, 5) is 12.2. The summed E-state index contributed by atoms with van der Waals surface area (Å²) >= 11 is 5.89. The fraction of sp³-hybridized carbons (Fsp3) is 0.158. The molecule has 4 aromatic rings. The molecule has 0 bridgehead atoms. The van der Waals surface area contributed by atoms with Gasteiger partial charge in [0.1, 0.15) is 11.9 Å². The number of nitrogens with zero attached hydrogens (tertiary/aromatic N) is 4. The highest BCUT2D eigenvalue weighted by molar-refractivity contribution is 6.30. The van der Waals surface area contributed by atoms with E-state index in [-0.39, 0.29) is 5.82 Å². The fourth-order valence-electron chi connectivity index (χ4n) is 2.70. The van der Waals surface area contributed by atoms with Crippen molar-refractivity contribution in [2.45, 2.75) is 19.4 Å². The predicted octanol–water partition coefficient (Wildman–Crippen LogP) is 5.44. The van der Waals surface area contributed by atoms with Crippen LogP contribution < -0.4 is 5.32 Å². The maximum absolute atomic E-state index is 13.2. The van der Waals surface area contributed by atoms with Crippen molar-refractivity contribution in [1.82, 2.24) is 20.1 Å². The minimum Gasteiger partial charge on any atom is -0.358 e. The zero-order valence-corrected chi connectivity index (χ0v) is 15.4. The van der Waals surface area contributed by atoms with E-state index in [4.69, 9.17) is 16.1 Å². The van der Waals surface area contributed by atoms with Crippen molar-refractivity contribution >= 4 is 28.3 Å². The molecule has 0 fully saturated rings. The number of anilines is 1. The fourth-order valence-corrected chi connectivity index (χ4v) is 2.82. The molecule has 0 aliphatic heterocycles. The summed E-state index contributed by atoms with van der Waals surface area (Å²) in [5.41, 5.74) is 1.17. The highest BCUT2D eigenvalue weighted by Crippen LogP contribution is 2.28. The van der Waals surface area contributed by atoms with Crippen LogP contribution in [0.5, 0.6) is 0 Å². The molecule has 0 aliphatic carbocycles. The van der Waals surface area contributed by atoms with Gasteiger partial charge in [0.2, 0.25) is 11.7 Å². The van der Waals surface area contributed by atoms with E-state index in [0.29, 0.717) is 27.6 Å². The maximum Gasteiger partial charge on any atom is 0.297 e. The second-order valence-electron chi connectivity index (χ2n) is 6.08. The normalized spacial score (nSPS) is 12.5. The van der Waals surface area contributed by atoms with E-state index in [9.17, 15) is 8.78 Å². The predicted molar refractivity (Wildman–Crippen MR) is 101 cm³/mol. The molecule has 2 heterocycles. The van der Waals surface area contributed by atoms with Gasteiger partial charge < -0.3 is 9.84 Å². The Balaban J connectivity index is 1.63. The topological polar surface area (TPSA) is 76.7 Å². The van der Waals surface area contributed by atoms with Crippen molar-refractivity contribution in [1.29, 1.82) is 0 Å². The lowest BCUT2D eigenvalue weighted by Gasteiger charge is -2.13. The first kappa shape index (κ1) is 18.2. The lowest BCUT2D eigenvalue weighted by Crippen LogP contribution is -2.11. The molecule has 0 aliphatic rings. The first-order valence-corrected chi connectivity index (χ1v) is 8.80. The van der Waals surface area contributed by atoms with Gasteiger partial charge in [-0.3, -0.25) is 0 Å². The van der Waals surface area contributed by atoms with E-state index in [2.05, 4.69) is 25.4 Å². The molecule has 2 aromatic heterocycles. The lowest BCUT2D eigenvalue weighted by atomic mass is 10.2. The highest BCUT2D eigenvalue weighted by atomic mass is 35.5. The molecule has 4 rings (SSSR count). The van der Waals surface area contributed by atoms with Crippen molar-refractivity contribution in [3.05, 3.63) is 65.3 Å². The van der Waals surface area contributed by atoms with Crippen LogP contribution in [0.15, 0.2) is 53.1 Å². The van der Waals surface area contributed by atoms with Gasteiger partial charge in [-0.25, -0.2) is 18.7 Å². The van der Waals surface area contributed by atoms with Crippen molar-refractivity contribution in [3.63, 3.8) is 0 Å². The Kier molecular flexibility index (Phi) is 4.87. The molecular weight excluding hydrogens is 388 g/mol. The molecule has 0 amide bonds. The molecular formula is C19H14ClF2N5O. The van der Waals surface area contributed by atoms with Gasteiger partial charge in [0, 0.05) is 16.0 Å². The van der Waals surface area contributed by atoms with Gasteiger partial charge >= 0.3 is 0 Å². The van der Waals surface area contributed by atoms with Crippen molar-refractivity contribution in [2.75, 3.05) is 5.32 Å². The number of para-hydroxylation sites is 1. The van der Waals surface area contributed by atoms with Gasteiger partial charge in [0.25, 0.3) is 6.43 Å². The molecule has 142 valence electrons. The van der Waals surface area contributed by atoms with Crippen LogP contribution in [0.2, 0.25) is 5.02 Å². The van der Waals surface area contributed by atoms with Gasteiger partial charge in [-0.15, -0.1) is 0 Å². The van der Waals surface area contributed by atoms with Gasteiger partial charge in [-0.2, -0.15) is 4.98 Å². The summed E-state index contributed by atoms with van der Waals surface area (Å²) in [6.45, 7) is 1.78. The van der Waals surface area contributed by atoms with Crippen LogP contribution in [0, 0.1) is 0 Å². The lowest BCUT2D eigenvalue weighted by molar-refractivity contribution is 0.141. The molecule has 0 unspecified atom stereocenters. The zero-order chi connectivity index (χ0) is 19.7.